The maximum absolute atomic E-state index is 13.1. The number of allylic oxidation sites excluding steroid dienone is 1. The molecule has 19 heteroatoms. The van der Waals surface area contributed by atoms with Crippen molar-refractivity contribution >= 4 is 5.91 Å². The van der Waals surface area contributed by atoms with E-state index in [9.17, 15) is 61.0 Å². The Balaban J connectivity index is 1.24. The molecule has 3 aliphatic rings. The van der Waals surface area contributed by atoms with Crippen molar-refractivity contribution in [1.82, 2.24) is 5.32 Å². The minimum absolute atomic E-state index is 0.246. The van der Waals surface area contributed by atoms with Gasteiger partial charge in [-0.25, -0.2) is 0 Å². The smallest absolute Gasteiger partial charge is 0.220 e. The average Bonchev–Trinajstić information content (AvgIpc) is 3.58. The van der Waals surface area contributed by atoms with Gasteiger partial charge in [0.1, 0.15) is 73.2 Å². The van der Waals surface area contributed by atoms with E-state index in [0.717, 1.165) is 25.7 Å². The molecule has 0 spiro atoms. The van der Waals surface area contributed by atoms with Crippen LogP contribution in [0.1, 0.15) is 245 Å². The Bertz CT molecular complexity index is 1530. The number of rotatable bonds is 49. The fraction of sp³-hybridized carbons (Fsp3) is 0.952. The molecular weight excluding hydrogens is 1050 g/mol. The number of ether oxygens (including phenoxy) is 6. The van der Waals surface area contributed by atoms with Crippen molar-refractivity contribution < 1.29 is 89.4 Å². The Morgan fingerprint density at radius 3 is 1.14 bits per heavy atom. The second-order valence-corrected chi connectivity index (χ2v) is 23.6. The molecule has 17 atom stereocenters. The van der Waals surface area contributed by atoms with Crippen LogP contribution in [0.15, 0.2) is 12.2 Å². The SMILES string of the molecule is CCC/C=C/C(O)C(COC1OC(CO)C(OC2OC(CO)C(OC3OC(CO)C(O)C(O)C3O)C(O)C2O)C(O)C1O)NC(=O)CCCCCCCCCCCCCCCCCCCCCCCCCCCCCCCCCCC. The lowest BCUT2D eigenvalue weighted by molar-refractivity contribution is -0.379. The molecule has 0 saturated carbocycles. The molecule has 0 aromatic rings. The van der Waals surface area contributed by atoms with Crippen molar-refractivity contribution in [3.05, 3.63) is 12.2 Å². The molecule has 3 saturated heterocycles. The first-order valence-corrected chi connectivity index (χ1v) is 32.4. The largest absolute Gasteiger partial charge is 0.394 e. The lowest BCUT2D eigenvalue weighted by Crippen LogP contribution is -2.66. The lowest BCUT2D eigenvalue weighted by Gasteiger charge is -2.48. The van der Waals surface area contributed by atoms with Gasteiger partial charge in [0.25, 0.3) is 0 Å². The van der Waals surface area contributed by atoms with Gasteiger partial charge in [0.15, 0.2) is 18.9 Å². The number of carbonyl (C=O) groups excluding carboxylic acids is 1. The lowest BCUT2D eigenvalue weighted by atomic mass is 9.96. The van der Waals surface area contributed by atoms with Gasteiger partial charge in [-0.15, -0.1) is 0 Å². The number of carbonyl (C=O) groups is 1. The third kappa shape index (κ3) is 29.2. The van der Waals surface area contributed by atoms with Gasteiger partial charge < -0.3 is 89.9 Å². The summed E-state index contributed by atoms with van der Waals surface area (Å²) in [6.45, 7) is 1.51. The number of nitrogens with one attached hydrogen (secondary N) is 1. The van der Waals surface area contributed by atoms with E-state index in [0.29, 0.717) is 12.8 Å². The van der Waals surface area contributed by atoms with Crippen molar-refractivity contribution in [3.63, 3.8) is 0 Å². The minimum Gasteiger partial charge on any atom is -0.394 e. The Kier molecular flexibility index (Phi) is 41.7. The zero-order chi connectivity index (χ0) is 59.0. The molecule has 19 nitrogen and oxygen atoms in total. The van der Waals surface area contributed by atoms with E-state index in [-0.39, 0.29) is 18.9 Å². The van der Waals surface area contributed by atoms with Crippen molar-refractivity contribution in [3.8, 4) is 0 Å². The maximum atomic E-state index is 13.1. The predicted octanol–water partition coefficient (Wildman–Crippen LogP) is 6.94. The highest BCUT2D eigenvalue weighted by Crippen LogP contribution is 2.33. The molecule has 0 aromatic carbocycles. The summed E-state index contributed by atoms with van der Waals surface area (Å²) in [7, 11) is 0. The molecule has 1 amide bonds. The van der Waals surface area contributed by atoms with Crippen LogP contribution in [0.3, 0.4) is 0 Å². The summed E-state index contributed by atoms with van der Waals surface area (Å²) >= 11 is 0. The average molecular weight is 1160 g/mol. The first-order chi connectivity index (χ1) is 39.3. The normalized spacial score (nSPS) is 29.8. The second-order valence-electron chi connectivity index (χ2n) is 23.6. The Morgan fingerprint density at radius 2 is 0.765 bits per heavy atom. The topological polar surface area (TPSA) is 307 Å². The first-order valence-electron chi connectivity index (χ1n) is 32.4. The Morgan fingerprint density at radius 1 is 0.432 bits per heavy atom. The quantitative estimate of drug-likeness (QED) is 0.0217. The summed E-state index contributed by atoms with van der Waals surface area (Å²) in [5.41, 5.74) is 0. The van der Waals surface area contributed by atoms with Crippen molar-refractivity contribution in [2.24, 2.45) is 0 Å². The monoisotopic (exact) mass is 1160 g/mol. The summed E-state index contributed by atoms with van der Waals surface area (Å²) in [5, 5.41) is 119. The van der Waals surface area contributed by atoms with E-state index in [4.69, 9.17) is 28.4 Å². The molecule has 17 unspecified atom stereocenters. The molecular formula is C62H117NO18. The summed E-state index contributed by atoms with van der Waals surface area (Å²) in [6.07, 6.45) is 22.3. The van der Waals surface area contributed by atoms with Crippen LogP contribution in [0.2, 0.25) is 0 Å². The molecule has 3 heterocycles. The molecule has 0 bridgehead atoms. The van der Waals surface area contributed by atoms with Crippen LogP contribution in [-0.4, -0.2) is 193 Å². The van der Waals surface area contributed by atoms with Gasteiger partial charge in [-0.1, -0.05) is 238 Å². The fourth-order valence-corrected chi connectivity index (χ4v) is 11.3. The van der Waals surface area contributed by atoms with Crippen LogP contribution in [0.4, 0.5) is 0 Å². The van der Waals surface area contributed by atoms with Crippen molar-refractivity contribution in [2.75, 3.05) is 26.4 Å². The van der Waals surface area contributed by atoms with E-state index in [2.05, 4.69) is 12.2 Å². The first kappa shape index (κ1) is 73.8. The van der Waals surface area contributed by atoms with Gasteiger partial charge in [-0.3, -0.25) is 4.79 Å². The fourth-order valence-electron chi connectivity index (χ4n) is 11.3. The van der Waals surface area contributed by atoms with Gasteiger partial charge in [0.2, 0.25) is 5.91 Å². The minimum atomic E-state index is -1.97. The van der Waals surface area contributed by atoms with Gasteiger partial charge in [0.05, 0.1) is 38.6 Å². The van der Waals surface area contributed by atoms with Crippen LogP contribution in [0, 0.1) is 0 Å². The summed E-state index contributed by atoms with van der Waals surface area (Å²) in [6, 6.07) is -0.964. The predicted molar refractivity (Wildman–Crippen MR) is 310 cm³/mol. The maximum Gasteiger partial charge on any atom is 0.220 e. The standard InChI is InChI=1S/C62H117NO18/c1-3-5-7-8-9-10-11-12-13-14-15-16-17-18-19-20-21-22-23-24-25-26-27-28-29-30-31-32-33-34-35-36-38-40-50(68)63-45(46(67)39-37-6-4-2)44-76-60-56(74)53(71)58(48(42-65)78-60)81-62-57(75)54(72)59(49(43-66)79-62)80-61-55(73)52(70)51(69)47(41-64)77-61/h37,39,45-49,51-62,64-67,69-75H,3-36,38,40-44H2,1-2H3,(H,63,68)/b39-37+. The van der Waals surface area contributed by atoms with Gasteiger partial charge in [0, 0.05) is 6.42 Å². The zero-order valence-electron chi connectivity index (χ0n) is 50.0. The highest BCUT2D eigenvalue weighted by Gasteiger charge is 2.53. The highest BCUT2D eigenvalue weighted by atomic mass is 16.8. The van der Waals surface area contributed by atoms with Gasteiger partial charge >= 0.3 is 0 Å². The van der Waals surface area contributed by atoms with E-state index >= 15 is 0 Å². The van der Waals surface area contributed by atoms with Crippen molar-refractivity contribution in [1.29, 1.82) is 0 Å². The third-order valence-electron chi connectivity index (χ3n) is 16.6. The van der Waals surface area contributed by atoms with E-state index in [1.165, 1.54) is 186 Å². The number of aliphatic hydroxyl groups is 11. The van der Waals surface area contributed by atoms with Crippen LogP contribution in [0.5, 0.6) is 0 Å². The van der Waals surface area contributed by atoms with Crippen LogP contribution in [-0.2, 0) is 33.2 Å². The number of unbranched alkanes of at least 4 members (excludes halogenated alkanes) is 33. The van der Waals surface area contributed by atoms with Crippen LogP contribution in [0.25, 0.3) is 0 Å². The number of aliphatic hydroxyl groups excluding tert-OH is 11. The molecule has 478 valence electrons. The molecule has 3 rings (SSSR count). The molecule has 3 fully saturated rings. The Labute approximate surface area is 486 Å². The summed E-state index contributed by atoms with van der Waals surface area (Å²) < 4.78 is 34.0. The third-order valence-corrected chi connectivity index (χ3v) is 16.6. The van der Waals surface area contributed by atoms with E-state index < -0.39 is 124 Å². The number of amides is 1. The molecule has 0 aromatic heterocycles. The molecule has 12 N–H and O–H groups in total. The number of hydrogen-bond donors (Lipinski definition) is 12. The molecule has 0 radical (unpaired) electrons. The van der Waals surface area contributed by atoms with Gasteiger partial charge in [-0.2, -0.15) is 0 Å². The Hall–Kier alpha value is -1.47. The molecule has 3 aliphatic heterocycles. The molecule has 81 heavy (non-hydrogen) atoms. The van der Waals surface area contributed by atoms with Crippen LogP contribution < -0.4 is 5.32 Å². The van der Waals surface area contributed by atoms with Crippen LogP contribution >= 0.6 is 0 Å². The van der Waals surface area contributed by atoms with Crippen molar-refractivity contribution in [2.45, 2.75) is 349 Å². The summed E-state index contributed by atoms with van der Waals surface area (Å²) in [4.78, 5) is 13.1. The van der Waals surface area contributed by atoms with E-state index in [1.807, 2.05) is 6.92 Å². The summed E-state index contributed by atoms with van der Waals surface area (Å²) in [5.74, 6) is -0.283. The second kappa shape index (κ2) is 45.8. The van der Waals surface area contributed by atoms with Gasteiger partial charge in [-0.05, 0) is 12.8 Å². The van der Waals surface area contributed by atoms with E-state index in [1.54, 1.807) is 12.2 Å². The number of hydrogen-bond acceptors (Lipinski definition) is 18. The molecule has 0 aliphatic carbocycles. The zero-order valence-corrected chi connectivity index (χ0v) is 50.0. The highest BCUT2D eigenvalue weighted by molar-refractivity contribution is 5.76.